The van der Waals surface area contributed by atoms with Crippen LogP contribution in [0.25, 0.3) is 0 Å². The van der Waals surface area contributed by atoms with Crippen molar-refractivity contribution >= 4 is 17.7 Å². The largest absolute Gasteiger partial charge is 0.353 e. The number of thioether (sulfide) groups is 1. The predicted octanol–water partition coefficient (Wildman–Crippen LogP) is 2.24. The molecule has 18 heavy (non-hydrogen) atoms. The highest BCUT2D eigenvalue weighted by molar-refractivity contribution is 7.99. The number of hydrogen-bond acceptors (Lipinski definition) is 4. The highest BCUT2D eigenvalue weighted by atomic mass is 32.2. The Kier molecular flexibility index (Phi) is 4.58. The Morgan fingerprint density at radius 3 is 2.78 bits per heavy atom. The van der Waals surface area contributed by atoms with Crippen molar-refractivity contribution < 1.29 is 4.79 Å². The first-order valence-corrected chi connectivity index (χ1v) is 7.36. The van der Waals surface area contributed by atoms with Crippen LogP contribution in [0.5, 0.6) is 0 Å². The minimum absolute atomic E-state index is 0.112. The lowest BCUT2D eigenvalue weighted by atomic mass is 10.2. The molecule has 4 nitrogen and oxygen atoms in total. The third-order valence-corrected chi connectivity index (χ3v) is 3.93. The molecular weight excluding hydrogens is 246 g/mol. The maximum absolute atomic E-state index is 11.8. The predicted molar refractivity (Wildman–Crippen MR) is 72.6 cm³/mol. The summed E-state index contributed by atoms with van der Waals surface area (Å²) in [4.78, 5) is 20.3. The number of rotatable bonds is 4. The SMILES string of the molecule is Cc1cc(SCC(=O)NC2CCCC2)nc(C)n1. The van der Waals surface area contributed by atoms with Crippen LogP contribution in [-0.4, -0.2) is 27.7 Å². The topological polar surface area (TPSA) is 54.9 Å². The molecule has 0 atom stereocenters. The molecule has 2 rings (SSSR count). The van der Waals surface area contributed by atoms with Gasteiger partial charge in [0.05, 0.1) is 5.75 Å². The molecule has 1 N–H and O–H groups in total. The minimum atomic E-state index is 0.112. The molecule has 98 valence electrons. The summed E-state index contributed by atoms with van der Waals surface area (Å²) in [6.07, 6.45) is 4.73. The Morgan fingerprint density at radius 2 is 2.11 bits per heavy atom. The van der Waals surface area contributed by atoms with E-state index in [-0.39, 0.29) is 5.91 Å². The van der Waals surface area contributed by atoms with Crippen molar-refractivity contribution in [3.8, 4) is 0 Å². The molecule has 1 aromatic rings. The van der Waals surface area contributed by atoms with Gasteiger partial charge in [-0.05, 0) is 32.8 Å². The lowest BCUT2D eigenvalue weighted by Gasteiger charge is -2.11. The van der Waals surface area contributed by atoms with Crippen molar-refractivity contribution in [1.29, 1.82) is 0 Å². The van der Waals surface area contributed by atoms with Gasteiger partial charge in [0.2, 0.25) is 5.91 Å². The molecule has 0 spiro atoms. The monoisotopic (exact) mass is 265 g/mol. The van der Waals surface area contributed by atoms with Gasteiger partial charge in [-0.2, -0.15) is 0 Å². The lowest BCUT2D eigenvalue weighted by Crippen LogP contribution is -2.33. The molecule has 1 saturated carbocycles. The lowest BCUT2D eigenvalue weighted by molar-refractivity contribution is -0.119. The van der Waals surface area contributed by atoms with Gasteiger partial charge in [0, 0.05) is 11.7 Å². The Morgan fingerprint density at radius 1 is 1.39 bits per heavy atom. The van der Waals surface area contributed by atoms with Crippen LogP contribution in [0.15, 0.2) is 11.1 Å². The molecule has 1 amide bonds. The zero-order valence-electron chi connectivity index (χ0n) is 10.9. The summed E-state index contributed by atoms with van der Waals surface area (Å²) in [7, 11) is 0. The summed E-state index contributed by atoms with van der Waals surface area (Å²) < 4.78 is 0. The average Bonchev–Trinajstić information content (AvgIpc) is 2.78. The van der Waals surface area contributed by atoms with Gasteiger partial charge in [0.25, 0.3) is 0 Å². The summed E-state index contributed by atoms with van der Waals surface area (Å²) in [5.41, 5.74) is 0.946. The van der Waals surface area contributed by atoms with Gasteiger partial charge >= 0.3 is 0 Å². The van der Waals surface area contributed by atoms with Crippen LogP contribution in [-0.2, 0) is 4.79 Å². The van der Waals surface area contributed by atoms with Gasteiger partial charge in [-0.3, -0.25) is 4.79 Å². The van der Waals surface area contributed by atoms with Crippen molar-refractivity contribution in [2.75, 3.05) is 5.75 Å². The van der Waals surface area contributed by atoms with E-state index in [2.05, 4.69) is 15.3 Å². The second-order valence-corrected chi connectivity index (χ2v) is 5.73. The molecule has 1 fully saturated rings. The smallest absolute Gasteiger partial charge is 0.230 e. The van der Waals surface area contributed by atoms with E-state index in [1.165, 1.54) is 24.6 Å². The summed E-state index contributed by atoms with van der Waals surface area (Å²) >= 11 is 1.48. The summed E-state index contributed by atoms with van der Waals surface area (Å²) in [5.74, 6) is 1.31. The fourth-order valence-electron chi connectivity index (χ4n) is 2.24. The van der Waals surface area contributed by atoms with Gasteiger partial charge in [-0.1, -0.05) is 24.6 Å². The van der Waals surface area contributed by atoms with Crippen LogP contribution in [0.3, 0.4) is 0 Å². The number of nitrogens with zero attached hydrogens (tertiary/aromatic N) is 2. The summed E-state index contributed by atoms with van der Waals surface area (Å²) in [6.45, 7) is 3.81. The first-order chi connectivity index (χ1) is 8.63. The van der Waals surface area contributed by atoms with Crippen molar-refractivity contribution in [3.05, 3.63) is 17.6 Å². The molecule has 1 aromatic heterocycles. The average molecular weight is 265 g/mol. The molecule has 0 aliphatic heterocycles. The Bertz CT molecular complexity index is 410. The molecule has 1 heterocycles. The fourth-order valence-corrected chi connectivity index (χ4v) is 3.05. The highest BCUT2D eigenvalue weighted by Gasteiger charge is 2.17. The third kappa shape index (κ3) is 3.98. The molecule has 1 aliphatic rings. The molecule has 0 radical (unpaired) electrons. The second kappa shape index (κ2) is 6.18. The Labute approximate surface area is 112 Å². The van der Waals surface area contributed by atoms with Crippen LogP contribution in [0.1, 0.15) is 37.2 Å². The fraction of sp³-hybridized carbons (Fsp3) is 0.615. The second-order valence-electron chi connectivity index (χ2n) is 4.73. The first-order valence-electron chi connectivity index (χ1n) is 6.38. The number of nitrogens with one attached hydrogen (secondary N) is 1. The van der Waals surface area contributed by atoms with Crippen molar-refractivity contribution in [1.82, 2.24) is 15.3 Å². The number of aryl methyl sites for hydroxylation is 2. The summed E-state index contributed by atoms with van der Waals surface area (Å²) in [6, 6.07) is 2.31. The van der Waals surface area contributed by atoms with Crippen LogP contribution >= 0.6 is 11.8 Å². The van der Waals surface area contributed by atoms with E-state index in [1.54, 1.807) is 0 Å². The molecule has 1 aliphatic carbocycles. The van der Waals surface area contributed by atoms with Crippen LogP contribution < -0.4 is 5.32 Å². The third-order valence-electron chi connectivity index (χ3n) is 3.01. The van der Waals surface area contributed by atoms with Crippen molar-refractivity contribution in [3.63, 3.8) is 0 Å². The zero-order chi connectivity index (χ0) is 13.0. The minimum Gasteiger partial charge on any atom is -0.353 e. The molecule has 0 saturated heterocycles. The summed E-state index contributed by atoms with van der Waals surface area (Å²) in [5, 5.41) is 3.95. The van der Waals surface area contributed by atoms with Gasteiger partial charge in [-0.25, -0.2) is 9.97 Å². The van der Waals surface area contributed by atoms with Gasteiger partial charge in [0.1, 0.15) is 10.9 Å². The van der Waals surface area contributed by atoms with Gasteiger partial charge in [-0.15, -0.1) is 0 Å². The van der Waals surface area contributed by atoms with Crippen LogP contribution in [0.2, 0.25) is 0 Å². The van der Waals surface area contributed by atoms with Crippen molar-refractivity contribution in [2.24, 2.45) is 0 Å². The molecule has 0 aromatic carbocycles. The van der Waals surface area contributed by atoms with Crippen LogP contribution in [0, 0.1) is 13.8 Å². The number of carbonyl (C=O) groups excluding carboxylic acids is 1. The number of amides is 1. The van der Waals surface area contributed by atoms with E-state index in [0.29, 0.717) is 11.8 Å². The van der Waals surface area contributed by atoms with E-state index in [4.69, 9.17) is 0 Å². The first kappa shape index (κ1) is 13.3. The van der Waals surface area contributed by atoms with Gasteiger partial charge in [0.15, 0.2) is 0 Å². The standard InChI is InChI=1S/C13H19N3OS/c1-9-7-13(15-10(2)14-9)18-8-12(17)16-11-5-3-4-6-11/h7,11H,3-6,8H2,1-2H3,(H,16,17). The van der Waals surface area contributed by atoms with Crippen molar-refractivity contribution in [2.45, 2.75) is 50.6 Å². The zero-order valence-corrected chi connectivity index (χ0v) is 11.7. The van der Waals surface area contributed by atoms with E-state index >= 15 is 0 Å². The maximum Gasteiger partial charge on any atom is 0.230 e. The molecule has 0 unspecified atom stereocenters. The highest BCUT2D eigenvalue weighted by Crippen LogP contribution is 2.19. The molecular formula is C13H19N3OS. The van der Waals surface area contributed by atoms with Gasteiger partial charge < -0.3 is 5.32 Å². The quantitative estimate of drug-likeness (QED) is 0.670. The van der Waals surface area contributed by atoms with E-state index in [1.807, 2.05) is 19.9 Å². The normalized spacial score (nSPS) is 15.9. The van der Waals surface area contributed by atoms with E-state index in [9.17, 15) is 4.79 Å². The number of aromatic nitrogens is 2. The number of carbonyl (C=O) groups is 1. The molecule has 0 bridgehead atoms. The Hall–Kier alpha value is -1.10. The molecule has 5 heteroatoms. The van der Waals surface area contributed by atoms with E-state index < -0.39 is 0 Å². The van der Waals surface area contributed by atoms with Crippen LogP contribution in [0.4, 0.5) is 0 Å². The maximum atomic E-state index is 11.8. The number of hydrogen-bond donors (Lipinski definition) is 1. The van der Waals surface area contributed by atoms with E-state index in [0.717, 1.165) is 29.4 Å². The Balaban J connectivity index is 1.81.